The summed E-state index contributed by atoms with van der Waals surface area (Å²) in [4.78, 5) is 14.2. The number of nitrogens with one attached hydrogen (secondary N) is 1. The molecule has 0 saturated heterocycles. The van der Waals surface area contributed by atoms with Gasteiger partial charge in [0.25, 0.3) is 0 Å². The van der Waals surface area contributed by atoms with Crippen molar-refractivity contribution in [3.63, 3.8) is 0 Å². The number of nitrogen functional groups attached to an aromatic ring is 1. The molecule has 21 heavy (non-hydrogen) atoms. The Kier molecular flexibility index (Phi) is 8.23. The highest BCUT2D eigenvalue weighted by Gasteiger charge is 2.12. The lowest BCUT2D eigenvalue weighted by Gasteiger charge is -2.26. The molecule has 118 valence electrons. The molecule has 0 radical (unpaired) electrons. The second-order valence-corrected chi connectivity index (χ2v) is 6.18. The Morgan fingerprint density at radius 2 is 2.05 bits per heavy atom. The molecule has 0 heterocycles. The topological polar surface area (TPSA) is 58.4 Å². The minimum absolute atomic E-state index is 0.0612. The van der Waals surface area contributed by atoms with Crippen LogP contribution in [0.3, 0.4) is 0 Å². The van der Waals surface area contributed by atoms with E-state index in [2.05, 4.69) is 30.4 Å². The number of hydrogen-bond donors (Lipinski definition) is 2. The van der Waals surface area contributed by atoms with Crippen molar-refractivity contribution >= 4 is 29.0 Å². The monoisotopic (exact) mass is 309 g/mol. The van der Waals surface area contributed by atoms with E-state index < -0.39 is 0 Å². The van der Waals surface area contributed by atoms with Gasteiger partial charge in [-0.25, -0.2) is 0 Å². The fourth-order valence-corrected chi connectivity index (χ4v) is 3.09. The Bertz CT molecular complexity index is 422. The van der Waals surface area contributed by atoms with Crippen LogP contribution in [0.25, 0.3) is 0 Å². The van der Waals surface area contributed by atoms with Crippen LogP contribution < -0.4 is 11.1 Å². The fourth-order valence-electron chi connectivity index (χ4n) is 2.21. The molecule has 0 saturated carbocycles. The molecule has 5 heteroatoms. The third kappa shape index (κ3) is 6.87. The van der Waals surface area contributed by atoms with Crippen LogP contribution in [0.5, 0.6) is 0 Å². The normalized spacial score (nSPS) is 12.4. The van der Waals surface area contributed by atoms with Crippen LogP contribution >= 0.6 is 11.8 Å². The summed E-state index contributed by atoms with van der Waals surface area (Å²) in [6.45, 7) is 3.17. The van der Waals surface area contributed by atoms with E-state index in [0.717, 1.165) is 30.8 Å². The molecule has 3 N–H and O–H groups in total. The van der Waals surface area contributed by atoms with Crippen molar-refractivity contribution in [1.82, 2.24) is 4.90 Å². The van der Waals surface area contributed by atoms with E-state index in [1.165, 1.54) is 0 Å². The van der Waals surface area contributed by atoms with Crippen LogP contribution in [0.4, 0.5) is 11.4 Å². The highest BCUT2D eigenvalue weighted by molar-refractivity contribution is 7.98. The molecule has 0 aliphatic rings. The Labute approximate surface area is 132 Å². The lowest BCUT2D eigenvalue weighted by atomic mass is 10.2. The molecule has 1 aromatic rings. The zero-order valence-electron chi connectivity index (χ0n) is 13.3. The minimum Gasteiger partial charge on any atom is -0.399 e. The third-order valence-electron chi connectivity index (χ3n) is 3.56. The number of rotatable bonds is 9. The largest absolute Gasteiger partial charge is 0.399 e. The predicted molar refractivity (Wildman–Crippen MR) is 93.8 cm³/mol. The van der Waals surface area contributed by atoms with Gasteiger partial charge in [0.05, 0.1) is 0 Å². The van der Waals surface area contributed by atoms with Crippen LogP contribution in [-0.4, -0.2) is 42.4 Å². The molecule has 0 aliphatic heterocycles. The summed E-state index contributed by atoms with van der Waals surface area (Å²) in [5, 5.41) is 2.89. The number of hydrogen-bond acceptors (Lipinski definition) is 4. The van der Waals surface area contributed by atoms with Gasteiger partial charge in [0.1, 0.15) is 0 Å². The maximum Gasteiger partial charge on any atom is 0.224 e. The van der Waals surface area contributed by atoms with Crippen molar-refractivity contribution in [1.29, 1.82) is 0 Å². The highest BCUT2D eigenvalue weighted by atomic mass is 32.2. The number of benzene rings is 1. The van der Waals surface area contributed by atoms with Crippen LogP contribution in [0.2, 0.25) is 0 Å². The molecule has 0 aromatic heterocycles. The summed E-state index contributed by atoms with van der Waals surface area (Å²) >= 11 is 1.87. The first kappa shape index (κ1) is 17.9. The van der Waals surface area contributed by atoms with Gasteiger partial charge in [-0.05, 0) is 57.0 Å². The van der Waals surface area contributed by atoms with Crippen molar-refractivity contribution in [2.24, 2.45) is 0 Å². The molecule has 1 unspecified atom stereocenters. The summed E-state index contributed by atoms with van der Waals surface area (Å²) < 4.78 is 0. The molecular formula is C16H27N3OS. The SMILES string of the molecule is CCC(CSC)N(C)CCCC(=O)Nc1ccc(N)cc1. The summed E-state index contributed by atoms with van der Waals surface area (Å²) in [7, 11) is 2.14. The standard InChI is InChI=1S/C16H27N3OS/c1-4-15(12-21-3)19(2)11-5-6-16(20)18-14-9-7-13(17)8-10-14/h7-10,15H,4-6,11-12,17H2,1-3H3,(H,18,20). The number of nitrogens with zero attached hydrogens (tertiary/aromatic N) is 1. The number of thioether (sulfide) groups is 1. The Hall–Kier alpha value is -1.20. The number of carbonyl (C=O) groups is 1. The maximum atomic E-state index is 11.9. The lowest BCUT2D eigenvalue weighted by molar-refractivity contribution is -0.116. The Balaban J connectivity index is 2.28. The molecule has 0 bridgehead atoms. The molecular weight excluding hydrogens is 282 g/mol. The molecule has 1 aromatic carbocycles. The van der Waals surface area contributed by atoms with E-state index in [1.54, 1.807) is 12.1 Å². The van der Waals surface area contributed by atoms with Gasteiger partial charge in [-0.15, -0.1) is 0 Å². The van der Waals surface area contributed by atoms with Gasteiger partial charge in [-0.1, -0.05) is 6.92 Å². The molecule has 0 aliphatic carbocycles. The van der Waals surface area contributed by atoms with E-state index in [9.17, 15) is 4.79 Å². The third-order valence-corrected chi connectivity index (χ3v) is 4.28. The van der Waals surface area contributed by atoms with Gasteiger partial charge >= 0.3 is 0 Å². The zero-order chi connectivity index (χ0) is 15.7. The highest BCUT2D eigenvalue weighted by Crippen LogP contribution is 2.12. The molecule has 0 fully saturated rings. The Morgan fingerprint density at radius 3 is 2.62 bits per heavy atom. The molecule has 1 rings (SSSR count). The first-order valence-electron chi connectivity index (χ1n) is 7.41. The van der Waals surface area contributed by atoms with E-state index in [1.807, 2.05) is 23.9 Å². The summed E-state index contributed by atoms with van der Waals surface area (Å²) in [6.07, 6.45) is 4.71. The molecule has 1 atom stereocenters. The first-order valence-corrected chi connectivity index (χ1v) is 8.80. The second-order valence-electron chi connectivity index (χ2n) is 5.27. The summed E-state index contributed by atoms with van der Waals surface area (Å²) in [6, 6.07) is 7.82. The molecule has 0 spiro atoms. The number of nitrogens with two attached hydrogens (primary N) is 1. The van der Waals surface area contributed by atoms with Gasteiger partial charge in [-0.2, -0.15) is 11.8 Å². The summed E-state index contributed by atoms with van der Waals surface area (Å²) in [5.74, 6) is 1.20. The van der Waals surface area contributed by atoms with E-state index in [4.69, 9.17) is 5.73 Å². The summed E-state index contributed by atoms with van der Waals surface area (Å²) in [5.41, 5.74) is 7.12. The smallest absolute Gasteiger partial charge is 0.224 e. The maximum absolute atomic E-state index is 11.9. The minimum atomic E-state index is 0.0612. The van der Waals surface area contributed by atoms with Gasteiger partial charge in [-0.3, -0.25) is 4.79 Å². The van der Waals surface area contributed by atoms with Crippen molar-refractivity contribution in [3.05, 3.63) is 24.3 Å². The van der Waals surface area contributed by atoms with E-state index >= 15 is 0 Å². The van der Waals surface area contributed by atoms with Crippen LogP contribution in [0.1, 0.15) is 26.2 Å². The zero-order valence-corrected chi connectivity index (χ0v) is 14.1. The first-order chi connectivity index (χ1) is 10.1. The second kappa shape index (κ2) is 9.68. The van der Waals surface area contributed by atoms with Crippen molar-refractivity contribution in [2.45, 2.75) is 32.2 Å². The predicted octanol–water partition coefficient (Wildman–Crippen LogP) is 3.06. The van der Waals surface area contributed by atoms with Crippen molar-refractivity contribution in [3.8, 4) is 0 Å². The van der Waals surface area contributed by atoms with Crippen LogP contribution in [-0.2, 0) is 4.79 Å². The van der Waals surface area contributed by atoms with Gasteiger partial charge < -0.3 is 16.0 Å². The van der Waals surface area contributed by atoms with Gasteiger partial charge in [0.15, 0.2) is 0 Å². The number of carbonyl (C=O) groups excluding carboxylic acids is 1. The van der Waals surface area contributed by atoms with E-state index in [0.29, 0.717) is 18.2 Å². The number of anilines is 2. The van der Waals surface area contributed by atoms with Crippen molar-refractivity contribution in [2.75, 3.05) is 36.7 Å². The fraction of sp³-hybridized carbons (Fsp3) is 0.562. The quantitative estimate of drug-likeness (QED) is 0.688. The van der Waals surface area contributed by atoms with Crippen molar-refractivity contribution < 1.29 is 4.79 Å². The van der Waals surface area contributed by atoms with Gasteiger partial charge in [0.2, 0.25) is 5.91 Å². The van der Waals surface area contributed by atoms with E-state index in [-0.39, 0.29) is 5.91 Å². The lowest BCUT2D eigenvalue weighted by Crippen LogP contribution is -2.34. The molecule has 1 amide bonds. The molecule has 4 nitrogen and oxygen atoms in total. The number of amides is 1. The van der Waals surface area contributed by atoms with Gasteiger partial charge in [0, 0.05) is 29.6 Å². The average molecular weight is 309 g/mol. The average Bonchev–Trinajstić information content (AvgIpc) is 2.47. The van der Waals surface area contributed by atoms with Crippen LogP contribution in [0.15, 0.2) is 24.3 Å². The van der Waals surface area contributed by atoms with Crippen LogP contribution in [0, 0.1) is 0 Å². The Morgan fingerprint density at radius 1 is 1.38 bits per heavy atom.